The van der Waals surface area contributed by atoms with Gasteiger partial charge in [0.2, 0.25) is 0 Å². The number of allylic oxidation sites excluding steroid dienone is 1. The van der Waals surface area contributed by atoms with Crippen molar-refractivity contribution in [2.75, 3.05) is 5.32 Å². The van der Waals surface area contributed by atoms with Crippen molar-refractivity contribution in [3.63, 3.8) is 0 Å². The van der Waals surface area contributed by atoms with Crippen LogP contribution in [0.3, 0.4) is 0 Å². The summed E-state index contributed by atoms with van der Waals surface area (Å²) < 4.78 is 0. The zero-order valence-electron chi connectivity index (χ0n) is 14.3. The van der Waals surface area contributed by atoms with E-state index in [1.165, 1.54) is 32.1 Å². The first-order valence-corrected chi connectivity index (χ1v) is 8.87. The molecule has 2 heteroatoms. The minimum absolute atomic E-state index is 0.0629. The zero-order chi connectivity index (χ0) is 16.8. The Labute approximate surface area is 144 Å². The summed E-state index contributed by atoms with van der Waals surface area (Å²) in [5.74, 6) is 0.648. The lowest BCUT2D eigenvalue weighted by Crippen LogP contribution is -2.12. The number of hydrogen-bond donors (Lipinski definition) is 1. The maximum Gasteiger partial charge on any atom is 0.255 e. The Morgan fingerprint density at radius 3 is 2.54 bits per heavy atom. The van der Waals surface area contributed by atoms with E-state index in [0.717, 1.165) is 16.8 Å². The van der Waals surface area contributed by atoms with Gasteiger partial charge in [-0.15, -0.1) is 0 Å². The van der Waals surface area contributed by atoms with Gasteiger partial charge in [0.1, 0.15) is 0 Å². The van der Waals surface area contributed by atoms with Crippen LogP contribution in [0.2, 0.25) is 0 Å². The highest BCUT2D eigenvalue weighted by Crippen LogP contribution is 2.26. The van der Waals surface area contributed by atoms with Crippen molar-refractivity contribution in [1.82, 2.24) is 0 Å². The Hall–Kier alpha value is -2.35. The standard InChI is InChI=1S/C22H25NO/c1-17-12-13-19(15-14-18-8-4-2-5-9-18)16-21(17)23-22(24)20-10-6-3-7-11-20/h3,6-7,10-16,18H,2,4-5,8-9H2,1H3,(H,23,24)/b15-14+. The largest absolute Gasteiger partial charge is 0.322 e. The molecule has 2 nitrogen and oxygen atoms in total. The van der Waals surface area contributed by atoms with Crippen LogP contribution in [0.15, 0.2) is 54.6 Å². The molecule has 124 valence electrons. The van der Waals surface area contributed by atoms with Crippen molar-refractivity contribution < 1.29 is 4.79 Å². The van der Waals surface area contributed by atoms with Gasteiger partial charge in [-0.25, -0.2) is 0 Å². The fourth-order valence-corrected chi connectivity index (χ4v) is 3.24. The van der Waals surface area contributed by atoms with Gasteiger partial charge in [0.15, 0.2) is 0 Å². The molecular formula is C22H25NO. The minimum atomic E-state index is -0.0629. The quantitative estimate of drug-likeness (QED) is 0.753. The summed E-state index contributed by atoms with van der Waals surface area (Å²) in [4.78, 5) is 12.4. The molecule has 3 rings (SSSR count). The summed E-state index contributed by atoms with van der Waals surface area (Å²) in [7, 11) is 0. The molecule has 0 aliphatic heterocycles. The van der Waals surface area contributed by atoms with Crippen LogP contribution in [-0.4, -0.2) is 5.91 Å². The van der Waals surface area contributed by atoms with Crippen LogP contribution in [0.5, 0.6) is 0 Å². The predicted octanol–water partition coefficient (Wildman–Crippen LogP) is 5.84. The molecule has 24 heavy (non-hydrogen) atoms. The van der Waals surface area contributed by atoms with Crippen molar-refractivity contribution in [1.29, 1.82) is 0 Å². The summed E-state index contributed by atoms with van der Waals surface area (Å²) in [6.07, 6.45) is 11.2. The Kier molecular flexibility index (Phi) is 5.47. The molecule has 1 saturated carbocycles. The van der Waals surface area contributed by atoms with Gasteiger partial charge in [0.25, 0.3) is 5.91 Å². The Bertz CT molecular complexity index is 712. The number of carbonyl (C=O) groups is 1. The lowest BCUT2D eigenvalue weighted by molar-refractivity contribution is 0.102. The van der Waals surface area contributed by atoms with Crippen molar-refractivity contribution in [2.24, 2.45) is 5.92 Å². The van der Waals surface area contributed by atoms with Crippen molar-refractivity contribution in [2.45, 2.75) is 39.0 Å². The predicted molar refractivity (Wildman–Crippen MR) is 101 cm³/mol. The van der Waals surface area contributed by atoms with Crippen molar-refractivity contribution in [3.8, 4) is 0 Å². The second kappa shape index (κ2) is 7.96. The van der Waals surface area contributed by atoms with Crippen molar-refractivity contribution >= 4 is 17.7 Å². The maximum absolute atomic E-state index is 12.4. The third-order valence-corrected chi connectivity index (χ3v) is 4.76. The van der Waals surface area contributed by atoms with E-state index in [4.69, 9.17) is 0 Å². The van der Waals surface area contributed by atoms with Crippen LogP contribution in [0.1, 0.15) is 53.6 Å². The number of amides is 1. The first-order valence-electron chi connectivity index (χ1n) is 8.87. The van der Waals surface area contributed by atoms with Gasteiger partial charge in [-0.2, -0.15) is 0 Å². The first kappa shape index (κ1) is 16.5. The second-order valence-electron chi connectivity index (χ2n) is 6.65. The molecule has 1 N–H and O–H groups in total. The molecule has 2 aromatic rings. The molecule has 1 amide bonds. The smallest absolute Gasteiger partial charge is 0.255 e. The molecule has 1 aliphatic rings. The molecule has 0 heterocycles. The average Bonchev–Trinajstić information content (AvgIpc) is 2.64. The Morgan fingerprint density at radius 2 is 1.79 bits per heavy atom. The number of anilines is 1. The molecular weight excluding hydrogens is 294 g/mol. The molecule has 2 aromatic carbocycles. The fraction of sp³-hybridized carbons (Fsp3) is 0.318. The summed E-state index contributed by atoms with van der Waals surface area (Å²) in [6, 6.07) is 15.6. The van der Waals surface area contributed by atoms with E-state index in [1.54, 1.807) is 0 Å². The van der Waals surface area contributed by atoms with Crippen LogP contribution in [0.25, 0.3) is 6.08 Å². The first-order chi connectivity index (χ1) is 11.7. The summed E-state index contributed by atoms with van der Waals surface area (Å²) in [5.41, 5.74) is 3.79. The van der Waals surface area contributed by atoms with Crippen LogP contribution in [-0.2, 0) is 0 Å². The van der Waals surface area contributed by atoms with Gasteiger partial charge in [-0.1, -0.05) is 61.7 Å². The molecule has 0 saturated heterocycles. The van der Waals surface area contributed by atoms with Crippen LogP contribution in [0.4, 0.5) is 5.69 Å². The molecule has 0 unspecified atom stereocenters. The molecule has 0 spiro atoms. The number of hydrogen-bond acceptors (Lipinski definition) is 1. The van der Waals surface area contributed by atoms with Crippen molar-refractivity contribution in [3.05, 3.63) is 71.3 Å². The third-order valence-electron chi connectivity index (χ3n) is 4.76. The average molecular weight is 319 g/mol. The molecule has 0 atom stereocenters. The van der Waals surface area contributed by atoms with E-state index >= 15 is 0 Å². The normalized spacial score (nSPS) is 15.5. The van der Waals surface area contributed by atoms with Crippen LogP contribution in [0, 0.1) is 12.8 Å². The van der Waals surface area contributed by atoms with Gasteiger partial charge >= 0.3 is 0 Å². The van der Waals surface area contributed by atoms with E-state index in [0.29, 0.717) is 11.5 Å². The van der Waals surface area contributed by atoms with Gasteiger partial charge in [0, 0.05) is 11.3 Å². The number of nitrogens with one attached hydrogen (secondary N) is 1. The van der Waals surface area contributed by atoms with Crippen LogP contribution < -0.4 is 5.32 Å². The minimum Gasteiger partial charge on any atom is -0.322 e. The van der Waals surface area contributed by atoms with E-state index in [1.807, 2.05) is 37.3 Å². The third kappa shape index (κ3) is 4.35. The molecule has 0 bridgehead atoms. The zero-order valence-corrected chi connectivity index (χ0v) is 14.3. The molecule has 1 aliphatic carbocycles. The van der Waals surface area contributed by atoms with E-state index < -0.39 is 0 Å². The highest BCUT2D eigenvalue weighted by Gasteiger charge is 2.10. The molecule has 1 fully saturated rings. The highest BCUT2D eigenvalue weighted by molar-refractivity contribution is 6.04. The van der Waals surface area contributed by atoms with E-state index in [9.17, 15) is 4.79 Å². The van der Waals surface area contributed by atoms with Gasteiger partial charge in [-0.05, 0) is 55.0 Å². The highest BCUT2D eigenvalue weighted by atomic mass is 16.1. The van der Waals surface area contributed by atoms with Gasteiger partial charge in [-0.3, -0.25) is 4.79 Å². The summed E-state index contributed by atoms with van der Waals surface area (Å²) in [5, 5.41) is 3.03. The number of carbonyl (C=O) groups excluding carboxylic acids is 1. The Morgan fingerprint density at radius 1 is 1.04 bits per heavy atom. The van der Waals surface area contributed by atoms with Gasteiger partial charge < -0.3 is 5.32 Å². The lowest BCUT2D eigenvalue weighted by Gasteiger charge is -2.17. The van der Waals surface area contributed by atoms with E-state index in [2.05, 4.69) is 35.7 Å². The molecule has 0 aromatic heterocycles. The lowest BCUT2D eigenvalue weighted by atomic mass is 9.89. The monoisotopic (exact) mass is 319 g/mol. The number of benzene rings is 2. The number of rotatable bonds is 4. The maximum atomic E-state index is 12.4. The Balaban J connectivity index is 1.71. The summed E-state index contributed by atoms with van der Waals surface area (Å²) >= 11 is 0. The fourth-order valence-electron chi connectivity index (χ4n) is 3.24. The van der Waals surface area contributed by atoms with E-state index in [-0.39, 0.29) is 5.91 Å². The second-order valence-corrected chi connectivity index (χ2v) is 6.65. The van der Waals surface area contributed by atoms with Gasteiger partial charge in [0.05, 0.1) is 0 Å². The summed E-state index contributed by atoms with van der Waals surface area (Å²) in [6.45, 7) is 2.02. The SMILES string of the molecule is Cc1ccc(/C=C/C2CCCCC2)cc1NC(=O)c1ccccc1. The van der Waals surface area contributed by atoms with Crippen LogP contribution >= 0.6 is 0 Å². The topological polar surface area (TPSA) is 29.1 Å². The molecule has 0 radical (unpaired) electrons. The number of aryl methyl sites for hydroxylation is 1.